The topological polar surface area (TPSA) is 98.1 Å². The molecule has 1 atom stereocenters. The van der Waals surface area contributed by atoms with Crippen LogP contribution in [0.2, 0.25) is 0 Å². The Morgan fingerprint density at radius 1 is 1.23 bits per heavy atom. The number of carbonyl (C=O) groups is 2. The van der Waals surface area contributed by atoms with E-state index in [4.69, 9.17) is 0 Å². The smallest absolute Gasteiger partial charge is 0.257 e. The monoisotopic (exact) mass is 427 g/mol. The number of nitrogens with zero attached hydrogens (tertiary/aromatic N) is 2. The summed E-state index contributed by atoms with van der Waals surface area (Å²) in [6.07, 6.45) is 8.37. The zero-order chi connectivity index (χ0) is 21.5. The molecule has 2 saturated carbocycles. The van der Waals surface area contributed by atoms with Crippen molar-refractivity contribution in [1.29, 1.82) is 0 Å². The molecule has 1 aromatic heterocycles. The molecule has 158 valence electrons. The van der Waals surface area contributed by atoms with E-state index >= 15 is 0 Å². The van der Waals surface area contributed by atoms with Crippen LogP contribution in [0.1, 0.15) is 49.1 Å². The maximum absolute atomic E-state index is 13.1. The molecule has 0 spiro atoms. The van der Waals surface area contributed by atoms with Gasteiger partial charge in [0.05, 0.1) is 4.90 Å². The molecular weight excluding hydrogens is 402 g/mol. The van der Waals surface area contributed by atoms with E-state index in [2.05, 4.69) is 10.4 Å². The molecule has 2 aliphatic carbocycles. The third kappa shape index (κ3) is 4.53. The molecule has 2 aromatic rings. The van der Waals surface area contributed by atoms with Gasteiger partial charge in [0.2, 0.25) is 0 Å². The van der Waals surface area contributed by atoms with E-state index in [9.17, 15) is 18.0 Å². The van der Waals surface area contributed by atoms with Gasteiger partial charge in [-0.1, -0.05) is 12.1 Å². The van der Waals surface area contributed by atoms with Gasteiger partial charge in [-0.15, -0.1) is 0 Å². The number of benzene rings is 1. The predicted molar refractivity (Wildman–Crippen MR) is 114 cm³/mol. The second-order valence-electron chi connectivity index (χ2n) is 8.25. The van der Waals surface area contributed by atoms with Crippen molar-refractivity contribution in [3.8, 4) is 0 Å². The van der Waals surface area contributed by atoms with Crippen LogP contribution in [-0.4, -0.2) is 36.1 Å². The van der Waals surface area contributed by atoms with E-state index in [1.165, 1.54) is 6.26 Å². The summed E-state index contributed by atoms with van der Waals surface area (Å²) >= 11 is 0. The number of hydrogen-bond donors (Lipinski definition) is 1. The van der Waals surface area contributed by atoms with Gasteiger partial charge in [-0.2, -0.15) is 5.10 Å². The van der Waals surface area contributed by atoms with E-state index in [-0.39, 0.29) is 23.5 Å². The largest absolute Gasteiger partial charge is 0.305 e. The normalized spacial score (nSPS) is 19.9. The molecule has 0 saturated heterocycles. The number of amides is 1. The quantitative estimate of drug-likeness (QED) is 0.715. The Hall–Kier alpha value is -2.74. The Kier molecular flexibility index (Phi) is 5.36. The Bertz CT molecular complexity index is 1140. The van der Waals surface area contributed by atoms with E-state index in [0.717, 1.165) is 24.8 Å². The predicted octanol–water partition coefficient (Wildman–Crippen LogP) is 3.09. The lowest BCUT2D eigenvalue weighted by molar-refractivity contribution is -0.117. The van der Waals surface area contributed by atoms with Gasteiger partial charge in [-0.3, -0.25) is 14.3 Å². The standard InChI is InChI=1S/C22H25N3O4S/c1-25-10-9-21(24-25)23-22(27)19(12-14-3-7-17(26)11-14)16-6-8-20(30(2,28)29)18(13-16)15-4-5-15/h6,8-10,12-15H,3-5,7,11H2,1-2H3,(H,23,24,27)/t14-/m0/s1. The fraction of sp³-hybridized carbons (Fsp3) is 0.409. The van der Waals surface area contributed by atoms with Gasteiger partial charge in [0, 0.05) is 44.0 Å². The van der Waals surface area contributed by atoms with Crippen LogP contribution in [0.3, 0.4) is 0 Å². The average molecular weight is 428 g/mol. The Morgan fingerprint density at radius 2 is 2.00 bits per heavy atom. The number of allylic oxidation sites excluding steroid dienone is 1. The van der Waals surface area contributed by atoms with Crippen LogP contribution in [0.4, 0.5) is 5.82 Å². The molecular formula is C22H25N3O4S. The summed E-state index contributed by atoms with van der Waals surface area (Å²) in [6, 6.07) is 6.81. The Morgan fingerprint density at radius 3 is 2.57 bits per heavy atom. The lowest BCUT2D eigenvalue weighted by Gasteiger charge is -2.14. The lowest BCUT2D eigenvalue weighted by atomic mass is 9.95. The molecule has 2 aliphatic rings. The summed E-state index contributed by atoms with van der Waals surface area (Å²) in [4.78, 5) is 25.2. The highest BCUT2D eigenvalue weighted by Crippen LogP contribution is 2.44. The zero-order valence-corrected chi connectivity index (χ0v) is 17.9. The summed E-state index contributed by atoms with van der Waals surface area (Å²) in [5.41, 5.74) is 1.88. The highest BCUT2D eigenvalue weighted by molar-refractivity contribution is 7.90. The minimum atomic E-state index is -3.35. The van der Waals surface area contributed by atoms with Crippen molar-refractivity contribution in [2.24, 2.45) is 13.0 Å². The van der Waals surface area contributed by atoms with Gasteiger partial charge >= 0.3 is 0 Å². The summed E-state index contributed by atoms with van der Waals surface area (Å²) in [7, 11) is -1.59. The molecule has 1 N–H and O–H groups in total. The molecule has 0 unspecified atom stereocenters. The molecule has 4 rings (SSSR count). The Labute approximate surface area is 176 Å². The second-order valence-corrected chi connectivity index (χ2v) is 10.2. The molecule has 30 heavy (non-hydrogen) atoms. The summed E-state index contributed by atoms with van der Waals surface area (Å²) in [6.45, 7) is 0. The lowest BCUT2D eigenvalue weighted by Crippen LogP contribution is -2.16. The molecule has 7 nitrogen and oxygen atoms in total. The summed E-state index contributed by atoms with van der Waals surface area (Å²) in [5.74, 6) is 0.531. The highest BCUT2D eigenvalue weighted by atomic mass is 32.2. The van der Waals surface area contributed by atoms with Crippen molar-refractivity contribution in [2.45, 2.75) is 42.9 Å². The van der Waals surface area contributed by atoms with Crippen LogP contribution in [0.15, 0.2) is 41.4 Å². The number of rotatable bonds is 6. The van der Waals surface area contributed by atoms with E-state index < -0.39 is 9.84 Å². The maximum atomic E-state index is 13.1. The minimum absolute atomic E-state index is 0.000872. The van der Waals surface area contributed by atoms with Crippen molar-refractivity contribution in [2.75, 3.05) is 11.6 Å². The fourth-order valence-corrected chi connectivity index (χ4v) is 4.93. The van der Waals surface area contributed by atoms with Crippen LogP contribution < -0.4 is 5.32 Å². The third-order valence-electron chi connectivity index (χ3n) is 5.62. The first-order chi connectivity index (χ1) is 14.2. The SMILES string of the molecule is Cn1ccc(NC(=O)C(=C[C@H]2CCC(=O)C2)c2ccc(S(C)(=O)=O)c(C3CC3)c2)n1. The second kappa shape index (κ2) is 7.83. The zero-order valence-electron chi connectivity index (χ0n) is 17.1. The van der Waals surface area contributed by atoms with E-state index in [1.54, 1.807) is 36.1 Å². The van der Waals surface area contributed by atoms with Crippen LogP contribution in [0, 0.1) is 5.92 Å². The minimum Gasteiger partial charge on any atom is -0.305 e. The first-order valence-electron chi connectivity index (χ1n) is 10.1. The van der Waals surface area contributed by atoms with Crippen molar-refractivity contribution < 1.29 is 18.0 Å². The van der Waals surface area contributed by atoms with Crippen molar-refractivity contribution in [3.05, 3.63) is 47.7 Å². The van der Waals surface area contributed by atoms with E-state index in [1.807, 2.05) is 12.1 Å². The number of nitrogens with one attached hydrogen (secondary N) is 1. The molecule has 1 aromatic carbocycles. The molecule has 0 radical (unpaired) electrons. The fourth-order valence-electron chi connectivity index (χ4n) is 3.96. The summed E-state index contributed by atoms with van der Waals surface area (Å²) < 4.78 is 26.0. The molecule has 1 heterocycles. The van der Waals surface area contributed by atoms with Gasteiger partial charge in [0.1, 0.15) is 5.78 Å². The number of carbonyl (C=O) groups excluding carboxylic acids is 2. The summed E-state index contributed by atoms with van der Waals surface area (Å²) in [5, 5.41) is 7.01. The number of aromatic nitrogens is 2. The maximum Gasteiger partial charge on any atom is 0.257 e. The first-order valence-corrected chi connectivity index (χ1v) is 12.0. The Balaban J connectivity index is 1.73. The molecule has 1 amide bonds. The van der Waals surface area contributed by atoms with E-state index in [0.29, 0.717) is 34.7 Å². The van der Waals surface area contributed by atoms with Gasteiger partial charge < -0.3 is 5.32 Å². The molecule has 8 heteroatoms. The van der Waals surface area contributed by atoms with Crippen molar-refractivity contribution in [1.82, 2.24) is 9.78 Å². The highest BCUT2D eigenvalue weighted by Gasteiger charge is 2.30. The van der Waals surface area contributed by atoms with Crippen LogP contribution in [0.25, 0.3) is 5.57 Å². The molecule has 0 aliphatic heterocycles. The average Bonchev–Trinajstić information content (AvgIpc) is 3.33. The first kappa shape index (κ1) is 20.5. The van der Waals surface area contributed by atoms with Gasteiger partial charge in [0.15, 0.2) is 15.7 Å². The van der Waals surface area contributed by atoms with Crippen LogP contribution in [-0.2, 0) is 26.5 Å². The molecule has 2 fully saturated rings. The number of aryl methyl sites for hydroxylation is 1. The van der Waals surface area contributed by atoms with Gasteiger partial charge in [-0.05, 0) is 54.4 Å². The van der Waals surface area contributed by atoms with Gasteiger partial charge in [0.25, 0.3) is 5.91 Å². The third-order valence-corrected chi connectivity index (χ3v) is 6.79. The van der Waals surface area contributed by atoms with Crippen LogP contribution >= 0.6 is 0 Å². The number of Topliss-reactive ketones (excluding diaryl/α,β-unsaturated/α-hetero) is 1. The number of sulfone groups is 1. The van der Waals surface area contributed by atoms with Gasteiger partial charge in [-0.25, -0.2) is 8.42 Å². The number of hydrogen-bond acceptors (Lipinski definition) is 5. The molecule has 0 bridgehead atoms. The van der Waals surface area contributed by atoms with Crippen molar-refractivity contribution >= 4 is 32.9 Å². The number of anilines is 1. The number of ketones is 1. The van der Waals surface area contributed by atoms with Crippen molar-refractivity contribution in [3.63, 3.8) is 0 Å². The van der Waals surface area contributed by atoms with Crippen LogP contribution in [0.5, 0.6) is 0 Å².